The van der Waals surface area contributed by atoms with Crippen LogP contribution < -0.4 is 0 Å². The molecule has 2 saturated carbocycles. The van der Waals surface area contributed by atoms with Gasteiger partial charge in [0.15, 0.2) is 0 Å². The van der Waals surface area contributed by atoms with E-state index in [0.717, 1.165) is 24.7 Å². The van der Waals surface area contributed by atoms with E-state index < -0.39 is 5.97 Å². The maximum atomic E-state index is 11.1. The van der Waals surface area contributed by atoms with Crippen molar-refractivity contribution in [2.24, 2.45) is 0 Å². The summed E-state index contributed by atoms with van der Waals surface area (Å²) in [5, 5.41) is 9.11. The summed E-state index contributed by atoms with van der Waals surface area (Å²) in [6.45, 7) is 0. The summed E-state index contributed by atoms with van der Waals surface area (Å²) >= 11 is 0. The van der Waals surface area contributed by atoms with E-state index in [1.807, 2.05) is 24.3 Å². The molecule has 0 unspecified atom stereocenters. The molecule has 35 heavy (non-hydrogen) atoms. The summed E-state index contributed by atoms with van der Waals surface area (Å²) < 4.78 is 0. The summed E-state index contributed by atoms with van der Waals surface area (Å²) in [5.41, 5.74) is 6.72. The molecule has 0 atom stereocenters. The summed E-state index contributed by atoms with van der Waals surface area (Å²) in [6.07, 6.45) is 10.5. The molecular formula is C32H34O3. The Morgan fingerprint density at radius 2 is 0.829 bits per heavy atom. The highest BCUT2D eigenvalue weighted by atomic mass is 16.4. The normalized spacial score (nSPS) is 24.6. The Bertz CT molecular complexity index is 1130. The number of hydrogen-bond acceptors (Lipinski definition) is 2. The SMILES string of the molecule is O=Cc1ccc(C2CCC(c3ccc(C4CCC(c5ccc(C(=O)O)cc5)CC4)cc3)CC2)cc1. The predicted octanol–water partition coefficient (Wildman–Crippen LogP) is 8.08. The fourth-order valence-corrected chi connectivity index (χ4v) is 6.31. The highest BCUT2D eigenvalue weighted by molar-refractivity contribution is 5.87. The fraction of sp³-hybridized carbons (Fsp3) is 0.375. The van der Waals surface area contributed by atoms with Gasteiger partial charge in [-0.05, 0) is 109 Å². The lowest BCUT2D eigenvalue weighted by Gasteiger charge is -2.31. The topological polar surface area (TPSA) is 54.4 Å². The van der Waals surface area contributed by atoms with Crippen LogP contribution >= 0.6 is 0 Å². The Labute approximate surface area is 208 Å². The first-order valence-electron chi connectivity index (χ1n) is 13.1. The number of carboxylic acids is 1. The van der Waals surface area contributed by atoms with Crippen LogP contribution in [0.25, 0.3) is 0 Å². The lowest BCUT2D eigenvalue weighted by atomic mass is 9.74. The predicted molar refractivity (Wildman–Crippen MR) is 140 cm³/mol. The smallest absolute Gasteiger partial charge is 0.335 e. The Balaban J connectivity index is 1.13. The van der Waals surface area contributed by atoms with E-state index in [4.69, 9.17) is 5.11 Å². The van der Waals surface area contributed by atoms with E-state index >= 15 is 0 Å². The van der Waals surface area contributed by atoms with Crippen LogP contribution in [0, 0.1) is 0 Å². The Hall–Kier alpha value is -3.20. The van der Waals surface area contributed by atoms with Crippen LogP contribution in [0.4, 0.5) is 0 Å². The van der Waals surface area contributed by atoms with E-state index in [1.54, 1.807) is 12.1 Å². The number of benzene rings is 3. The van der Waals surface area contributed by atoms with E-state index in [1.165, 1.54) is 60.8 Å². The number of carbonyl (C=O) groups excluding carboxylic acids is 1. The zero-order valence-electron chi connectivity index (χ0n) is 20.2. The third-order valence-electron chi connectivity index (χ3n) is 8.51. The van der Waals surface area contributed by atoms with Gasteiger partial charge in [0.1, 0.15) is 6.29 Å². The first-order valence-corrected chi connectivity index (χ1v) is 13.1. The van der Waals surface area contributed by atoms with Gasteiger partial charge in [-0.2, -0.15) is 0 Å². The third kappa shape index (κ3) is 5.40. The molecule has 0 aromatic heterocycles. The van der Waals surface area contributed by atoms with Crippen molar-refractivity contribution >= 4 is 12.3 Å². The standard InChI is InChI=1S/C32H34O3/c33-21-22-1-3-23(4-2-22)24-5-7-25(8-6-24)26-9-11-27(12-10-26)28-13-15-29(16-14-28)30-17-19-31(20-18-30)32(34)35/h1-4,9-12,17-21,24-25,28-29H,5-8,13-16H2,(H,34,35). The molecule has 180 valence electrons. The molecule has 0 saturated heterocycles. The summed E-state index contributed by atoms with van der Waals surface area (Å²) in [7, 11) is 0. The minimum absolute atomic E-state index is 0.365. The molecule has 0 amide bonds. The van der Waals surface area contributed by atoms with Crippen molar-refractivity contribution in [3.05, 3.63) is 106 Å². The number of aromatic carboxylic acids is 1. The van der Waals surface area contributed by atoms with Gasteiger partial charge in [0, 0.05) is 5.56 Å². The molecule has 3 aromatic rings. The zero-order chi connectivity index (χ0) is 24.2. The van der Waals surface area contributed by atoms with Crippen LogP contribution in [0.15, 0.2) is 72.8 Å². The molecule has 5 rings (SSSR count). The Kier molecular flexibility index (Phi) is 7.13. The van der Waals surface area contributed by atoms with Crippen LogP contribution in [0.2, 0.25) is 0 Å². The van der Waals surface area contributed by atoms with Gasteiger partial charge in [-0.25, -0.2) is 4.79 Å². The highest BCUT2D eigenvalue weighted by Crippen LogP contribution is 2.43. The molecule has 0 heterocycles. The van der Waals surface area contributed by atoms with E-state index in [-0.39, 0.29) is 0 Å². The van der Waals surface area contributed by atoms with Crippen LogP contribution in [0.3, 0.4) is 0 Å². The number of rotatable bonds is 6. The number of aldehydes is 1. The first-order chi connectivity index (χ1) is 17.1. The third-order valence-corrected chi connectivity index (χ3v) is 8.51. The van der Waals surface area contributed by atoms with Gasteiger partial charge in [0.05, 0.1) is 5.56 Å². The van der Waals surface area contributed by atoms with Crippen molar-refractivity contribution < 1.29 is 14.7 Å². The van der Waals surface area contributed by atoms with Crippen molar-refractivity contribution in [3.63, 3.8) is 0 Å². The molecule has 3 heteroatoms. The second kappa shape index (κ2) is 10.6. The van der Waals surface area contributed by atoms with E-state index in [0.29, 0.717) is 29.2 Å². The van der Waals surface area contributed by atoms with Crippen LogP contribution in [0.5, 0.6) is 0 Å². The molecule has 2 aliphatic carbocycles. The first kappa shape index (κ1) is 23.5. The van der Waals surface area contributed by atoms with Gasteiger partial charge in [0.2, 0.25) is 0 Å². The number of hydrogen-bond donors (Lipinski definition) is 1. The van der Waals surface area contributed by atoms with Gasteiger partial charge in [-0.1, -0.05) is 60.7 Å². The van der Waals surface area contributed by atoms with E-state index in [9.17, 15) is 9.59 Å². The molecule has 0 spiro atoms. The zero-order valence-corrected chi connectivity index (χ0v) is 20.2. The van der Waals surface area contributed by atoms with Crippen LogP contribution in [0.1, 0.15) is 118 Å². The second-order valence-corrected chi connectivity index (χ2v) is 10.5. The monoisotopic (exact) mass is 466 g/mol. The number of carbonyl (C=O) groups is 2. The van der Waals surface area contributed by atoms with Gasteiger partial charge >= 0.3 is 5.97 Å². The molecular weight excluding hydrogens is 432 g/mol. The molecule has 3 aromatic carbocycles. The summed E-state index contributed by atoms with van der Waals surface area (Å²) in [6, 6.07) is 25.1. The Morgan fingerprint density at radius 1 is 0.543 bits per heavy atom. The molecule has 3 nitrogen and oxygen atoms in total. The largest absolute Gasteiger partial charge is 0.478 e. The van der Waals surface area contributed by atoms with Crippen molar-refractivity contribution in [1.29, 1.82) is 0 Å². The summed E-state index contributed by atoms with van der Waals surface area (Å²) in [4.78, 5) is 22.0. The fourth-order valence-electron chi connectivity index (χ4n) is 6.31. The highest BCUT2D eigenvalue weighted by Gasteiger charge is 2.26. The lowest BCUT2D eigenvalue weighted by molar-refractivity contribution is 0.0696. The van der Waals surface area contributed by atoms with Gasteiger partial charge < -0.3 is 5.11 Å². The molecule has 2 fully saturated rings. The average molecular weight is 467 g/mol. The Morgan fingerprint density at radius 3 is 1.11 bits per heavy atom. The molecule has 1 N–H and O–H groups in total. The molecule has 0 aliphatic heterocycles. The van der Waals surface area contributed by atoms with Crippen molar-refractivity contribution in [1.82, 2.24) is 0 Å². The maximum Gasteiger partial charge on any atom is 0.335 e. The molecule has 0 bridgehead atoms. The second-order valence-electron chi connectivity index (χ2n) is 10.5. The van der Waals surface area contributed by atoms with E-state index in [2.05, 4.69) is 36.4 Å². The molecule has 0 radical (unpaired) electrons. The minimum Gasteiger partial charge on any atom is -0.478 e. The van der Waals surface area contributed by atoms with Crippen LogP contribution in [-0.4, -0.2) is 17.4 Å². The quantitative estimate of drug-likeness (QED) is 0.374. The maximum absolute atomic E-state index is 11.1. The van der Waals surface area contributed by atoms with Gasteiger partial charge in [-0.3, -0.25) is 4.79 Å². The van der Waals surface area contributed by atoms with Crippen molar-refractivity contribution in [3.8, 4) is 0 Å². The number of carboxylic acid groups (broad SMARTS) is 1. The average Bonchev–Trinajstić information content (AvgIpc) is 2.93. The van der Waals surface area contributed by atoms with Crippen LogP contribution in [-0.2, 0) is 0 Å². The molecule has 2 aliphatic rings. The van der Waals surface area contributed by atoms with Crippen molar-refractivity contribution in [2.75, 3.05) is 0 Å². The van der Waals surface area contributed by atoms with Gasteiger partial charge in [0.25, 0.3) is 0 Å². The summed E-state index contributed by atoms with van der Waals surface area (Å²) in [5.74, 6) is 1.57. The minimum atomic E-state index is -0.859. The lowest BCUT2D eigenvalue weighted by Crippen LogP contribution is -2.13. The van der Waals surface area contributed by atoms with Crippen molar-refractivity contribution in [2.45, 2.75) is 75.0 Å². The van der Waals surface area contributed by atoms with Gasteiger partial charge in [-0.15, -0.1) is 0 Å².